The highest BCUT2D eigenvalue weighted by molar-refractivity contribution is 7.89. The third kappa shape index (κ3) is 4.14. The van der Waals surface area contributed by atoms with Gasteiger partial charge in [0, 0.05) is 46.0 Å². The first-order valence-electron chi connectivity index (χ1n) is 9.91. The summed E-state index contributed by atoms with van der Waals surface area (Å²) in [4.78, 5) is 17.6. The van der Waals surface area contributed by atoms with Crippen LogP contribution in [0.5, 0.6) is 0 Å². The van der Waals surface area contributed by atoms with Crippen LogP contribution < -0.4 is 4.90 Å². The fourth-order valence-corrected chi connectivity index (χ4v) is 5.04. The molecule has 0 radical (unpaired) electrons. The minimum absolute atomic E-state index is 0.0698. The van der Waals surface area contributed by atoms with E-state index in [9.17, 15) is 13.2 Å². The molecule has 1 aromatic carbocycles. The van der Waals surface area contributed by atoms with Crippen molar-refractivity contribution < 1.29 is 13.2 Å². The fourth-order valence-electron chi connectivity index (χ4n) is 4.12. The van der Waals surface area contributed by atoms with Gasteiger partial charge in [0.25, 0.3) is 5.91 Å². The van der Waals surface area contributed by atoms with E-state index in [-0.39, 0.29) is 16.8 Å². The summed E-state index contributed by atoms with van der Waals surface area (Å²) in [5.74, 6) is -0.0698. The first kappa shape index (κ1) is 20.1. The number of nitrogens with zero attached hydrogens (tertiary/aromatic N) is 3. The number of hydrogen-bond acceptors (Lipinski definition) is 4. The lowest BCUT2D eigenvalue weighted by Crippen LogP contribution is -2.39. The van der Waals surface area contributed by atoms with E-state index >= 15 is 0 Å². The lowest BCUT2D eigenvalue weighted by molar-refractivity contribution is 0.0696. The van der Waals surface area contributed by atoms with E-state index in [1.807, 2.05) is 18.0 Å². The third-order valence-corrected chi connectivity index (χ3v) is 7.68. The smallest absolute Gasteiger partial charge is 0.255 e. The van der Waals surface area contributed by atoms with Gasteiger partial charge in [-0.15, -0.1) is 0 Å². The molecule has 150 valence electrons. The maximum absolute atomic E-state index is 13.4. The summed E-state index contributed by atoms with van der Waals surface area (Å²) >= 11 is 0. The highest BCUT2D eigenvalue weighted by Crippen LogP contribution is 2.31. The molecule has 0 aromatic heterocycles. The van der Waals surface area contributed by atoms with Crippen molar-refractivity contribution in [1.29, 1.82) is 0 Å². The fraction of sp³-hybridized carbons (Fsp3) is 0.650. The Morgan fingerprint density at radius 3 is 2.22 bits per heavy atom. The van der Waals surface area contributed by atoms with Crippen LogP contribution in [0.15, 0.2) is 23.1 Å². The number of hydrogen-bond donors (Lipinski definition) is 0. The molecule has 6 nitrogen and oxygen atoms in total. The maximum atomic E-state index is 13.4. The van der Waals surface area contributed by atoms with Crippen LogP contribution in [0.2, 0.25) is 0 Å². The molecule has 1 saturated heterocycles. The lowest BCUT2D eigenvalue weighted by Gasteiger charge is -2.32. The topological polar surface area (TPSA) is 60.9 Å². The number of rotatable bonds is 5. The van der Waals surface area contributed by atoms with Gasteiger partial charge in [-0.3, -0.25) is 4.79 Å². The van der Waals surface area contributed by atoms with Crippen molar-refractivity contribution >= 4 is 21.6 Å². The van der Waals surface area contributed by atoms with Crippen molar-refractivity contribution in [2.45, 2.75) is 55.9 Å². The molecular formula is C20H31N3O3S. The van der Waals surface area contributed by atoms with Crippen LogP contribution in [0, 0.1) is 0 Å². The van der Waals surface area contributed by atoms with Gasteiger partial charge in [-0.2, -0.15) is 0 Å². The molecule has 2 fully saturated rings. The summed E-state index contributed by atoms with van der Waals surface area (Å²) in [6, 6.07) is 5.25. The molecule has 0 N–H and O–H groups in total. The van der Waals surface area contributed by atoms with Gasteiger partial charge in [0.2, 0.25) is 10.0 Å². The number of anilines is 1. The molecule has 0 bridgehead atoms. The van der Waals surface area contributed by atoms with Crippen molar-refractivity contribution in [3.05, 3.63) is 23.8 Å². The number of benzene rings is 1. The van der Waals surface area contributed by atoms with Crippen molar-refractivity contribution in [3.8, 4) is 0 Å². The second-order valence-electron chi connectivity index (χ2n) is 7.87. The zero-order valence-electron chi connectivity index (χ0n) is 16.6. The first-order chi connectivity index (χ1) is 12.8. The summed E-state index contributed by atoms with van der Waals surface area (Å²) in [5.41, 5.74) is 1.37. The second-order valence-corrected chi connectivity index (χ2v) is 10.0. The molecule has 1 amide bonds. The van der Waals surface area contributed by atoms with Crippen LogP contribution >= 0.6 is 0 Å². The van der Waals surface area contributed by atoms with Crippen LogP contribution in [0.3, 0.4) is 0 Å². The molecule has 1 aliphatic carbocycles. The van der Waals surface area contributed by atoms with Crippen molar-refractivity contribution in [1.82, 2.24) is 9.21 Å². The van der Waals surface area contributed by atoms with Crippen LogP contribution in [0.25, 0.3) is 0 Å². The van der Waals surface area contributed by atoms with Crippen LogP contribution in [-0.2, 0) is 10.0 Å². The predicted molar refractivity (Wildman–Crippen MR) is 108 cm³/mol. The zero-order valence-corrected chi connectivity index (χ0v) is 17.5. The Morgan fingerprint density at radius 1 is 1.00 bits per heavy atom. The van der Waals surface area contributed by atoms with E-state index in [4.69, 9.17) is 0 Å². The Bertz CT molecular complexity index is 780. The van der Waals surface area contributed by atoms with Crippen LogP contribution in [0.4, 0.5) is 5.69 Å². The number of carbonyl (C=O) groups excluding carboxylic acids is 1. The standard InChI is InChI=1S/C20H31N3O3S/c1-21(2)27(25,26)17-11-12-19(23-13-7-8-14-23)18(15-17)20(24)22(3)16-9-5-4-6-10-16/h11-12,15-16H,4-10,13-14H2,1-3H3. The molecule has 27 heavy (non-hydrogen) atoms. The first-order valence-corrected chi connectivity index (χ1v) is 11.3. The van der Waals surface area contributed by atoms with E-state index in [1.165, 1.54) is 24.8 Å². The van der Waals surface area contributed by atoms with Crippen LogP contribution in [0.1, 0.15) is 55.3 Å². The van der Waals surface area contributed by atoms with Gasteiger partial charge in [-0.1, -0.05) is 19.3 Å². The molecule has 0 spiro atoms. The summed E-state index contributed by atoms with van der Waals surface area (Å²) < 4.78 is 26.4. The van der Waals surface area contributed by atoms with Gasteiger partial charge < -0.3 is 9.80 Å². The molecule has 1 saturated carbocycles. The zero-order chi connectivity index (χ0) is 19.6. The third-order valence-electron chi connectivity index (χ3n) is 5.87. The molecule has 0 atom stereocenters. The van der Waals surface area contributed by atoms with Crippen molar-refractivity contribution in [2.75, 3.05) is 39.1 Å². The van der Waals surface area contributed by atoms with Crippen molar-refractivity contribution in [2.24, 2.45) is 0 Å². The normalized spacial score (nSPS) is 18.9. The Hall–Kier alpha value is -1.60. The van der Waals surface area contributed by atoms with E-state index in [1.54, 1.807) is 12.1 Å². The largest absolute Gasteiger partial charge is 0.371 e. The average molecular weight is 394 g/mol. The molecule has 0 unspecified atom stereocenters. The number of carbonyl (C=O) groups is 1. The summed E-state index contributed by atoms with van der Waals surface area (Å²) in [6.07, 6.45) is 7.78. The van der Waals surface area contributed by atoms with E-state index in [0.717, 1.165) is 57.3 Å². The van der Waals surface area contributed by atoms with Crippen LogP contribution in [-0.4, -0.2) is 63.8 Å². The minimum Gasteiger partial charge on any atom is -0.371 e. The maximum Gasteiger partial charge on any atom is 0.255 e. The molecule has 7 heteroatoms. The quantitative estimate of drug-likeness (QED) is 0.772. The summed E-state index contributed by atoms with van der Waals surface area (Å²) in [6.45, 7) is 1.82. The minimum atomic E-state index is -3.58. The lowest BCUT2D eigenvalue weighted by atomic mass is 9.94. The summed E-state index contributed by atoms with van der Waals surface area (Å²) in [5, 5.41) is 0. The highest BCUT2D eigenvalue weighted by atomic mass is 32.2. The van der Waals surface area contributed by atoms with Crippen molar-refractivity contribution in [3.63, 3.8) is 0 Å². The van der Waals surface area contributed by atoms with Gasteiger partial charge >= 0.3 is 0 Å². The SMILES string of the molecule is CN(C(=O)c1cc(S(=O)(=O)N(C)C)ccc1N1CCCC1)C1CCCCC1. The van der Waals surface area contributed by atoms with Gasteiger partial charge in [0.15, 0.2) is 0 Å². The molecule has 1 heterocycles. The molecular weight excluding hydrogens is 362 g/mol. The molecule has 2 aliphatic rings. The summed E-state index contributed by atoms with van der Waals surface area (Å²) in [7, 11) is 1.31. The average Bonchev–Trinajstić information content (AvgIpc) is 3.21. The molecule has 1 aromatic rings. The number of sulfonamides is 1. The van der Waals surface area contributed by atoms with E-state index in [2.05, 4.69) is 4.90 Å². The van der Waals surface area contributed by atoms with Gasteiger partial charge in [-0.05, 0) is 43.9 Å². The Labute approximate surface area is 163 Å². The Morgan fingerprint density at radius 2 is 1.63 bits per heavy atom. The van der Waals surface area contributed by atoms with E-state index < -0.39 is 10.0 Å². The second kappa shape index (κ2) is 8.19. The Kier molecular flexibility index (Phi) is 6.11. The van der Waals surface area contributed by atoms with Gasteiger partial charge in [0.1, 0.15) is 0 Å². The van der Waals surface area contributed by atoms with Gasteiger partial charge in [0.05, 0.1) is 10.5 Å². The number of amides is 1. The monoisotopic (exact) mass is 393 g/mol. The predicted octanol–water partition coefficient (Wildman–Crippen LogP) is 2.94. The molecule has 3 rings (SSSR count). The Balaban J connectivity index is 1.99. The molecule has 1 aliphatic heterocycles. The highest BCUT2D eigenvalue weighted by Gasteiger charge is 2.29. The van der Waals surface area contributed by atoms with Gasteiger partial charge in [-0.25, -0.2) is 12.7 Å². The van der Waals surface area contributed by atoms with E-state index in [0.29, 0.717) is 5.56 Å².